The van der Waals surface area contributed by atoms with Gasteiger partial charge in [-0.1, -0.05) is 0 Å². The SMILES string of the molecule is COCCOCC1CCN(C(=O)c2cc(C(=O)O)co2)C1. The molecule has 2 heterocycles. The van der Waals surface area contributed by atoms with Gasteiger partial charge in [0.05, 0.1) is 25.4 Å². The highest BCUT2D eigenvalue weighted by Gasteiger charge is 2.29. The van der Waals surface area contributed by atoms with E-state index in [-0.39, 0.29) is 17.2 Å². The van der Waals surface area contributed by atoms with Crippen LogP contribution in [0.4, 0.5) is 0 Å². The van der Waals surface area contributed by atoms with Crippen molar-refractivity contribution in [3.05, 3.63) is 23.7 Å². The van der Waals surface area contributed by atoms with Crippen molar-refractivity contribution in [2.45, 2.75) is 6.42 Å². The smallest absolute Gasteiger partial charge is 0.338 e. The van der Waals surface area contributed by atoms with Crippen molar-refractivity contribution in [3.63, 3.8) is 0 Å². The normalized spacial score (nSPS) is 18.1. The predicted octanol–water partition coefficient (Wildman–Crippen LogP) is 1.10. The molecule has 1 atom stereocenters. The van der Waals surface area contributed by atoms with Crippen LogP contribution in [0, 0.1) is 5.92 Å². The fourth-order valence-electron chi connectivity index (χ4n) is 2.26. The zero-order valence-electron chi connectivity index (χ0n) is 11.9. The maximum atomic E-state index is 12.2. The molecular formula is C14H19NO6. The molecule has 0 saturated carbocycles. The Morgan fingerprint density at radius 1 is 1.48 bits per heavy atom. The maximum Gasteiger partial charge on any atom is 0.338 e. The van der Waals surface area contributed by atoms with Gasteiger partial charge in [0, 0.05) is 32.2 Å². The molecule has 21 heavy (non-hydrogen) atoms. The second-order valence-electron chi connectivity index (χ2n) is 4.98. The number of furan rings is 1. The molecule has 0 bridgehead atoms. The number of carboxylic acid groups (broad SMARTS) is 1. The third-order valence-corrected chi connectivity index (χ3v) is 3.42. The molecule has 0 aliphatic carbocycles. The van der Waals surface area contributed by atoms with E-state index in [1.807, 2.05) is 0 Å². The number of carboxylic acids is 1. The van der Waals surface area contributed by atoms with Gasteiger partial charge >= 0.3 is 5.97 Å². The quantitative estimate of drug-likeness (QED) is 0.758. The molecule has 2 rings (SSSR count). The van der Waals surface area contributed by atoms with Crippen molar-refractivity contribution in [2.75, 3.05) is 40.0 Å². The number of likely N-dealkylation sites (tertiary alicyclic amines) is 1. The summed E-state index contributed by atoms with van der Waals surface area (Å²) in [6, 6.07) is 1.26. The Kier molecular flexibility index (Phi) is 5.35. The standard InChI is InChI=1S/C14H19NO6/c1-19-4-5-20-8-10-2-3-15(7-10)13(16)12-6-11(9-21-12)14(17)18/h6,9-10H,2-5,7-8H2,1H3,(H,17,18). The lowest BCUT2D eigenvalue weighted by molar-refractivity contribution is 0.0512. The molecule has 1 saturated heterocycles. The van der Waals surface area contributed by atoms with Crippen molar-refractivity contribution >= 4 is 11.9 Å². The summed E-state index contributed by atoms with van der Waals surface area (Å²) in [7, 11) is 1.62. The van der Waals surface area contributed by atoms with E-state index in [2.05, 4.69) is 0 Å². The summed E-state index contributed by atoms with van der Waals surface area (Å²) in [5.74, 6) is -1.03. The Bertz CT molecular complexity index is 497. The number of amides is 1. The maximum absolute atomic E-state index is 12.2. The van der Waals surface area contributed by atoms with Gasteiger partial charge in [-0.05, 0) is 6.42 Å². The predicted molar refractivity (Wildman–Crippen MR) is 72.4 cm³/mol. The number of aromatic carboxylic acids is 1. The molecule has 7 heteroatoms. The number of rotatable bonds is 7. The molecule has 7 nitrogen and oxygen atoms in total. The van der Waals surface area contributed by atoms with Crippen LogP contribution >= 0.6 is 0 Å². The van der Waals surface area contributed by atoms with Crippen LogP contribution in [-0.4, -0.2) is 61.9 Å². The van der Waals surface area contributed by atoms with Gasteiger partial charge in [-0.3, -0.25) is 4.79 Å². The Hall–Kier alpha value is -1.86. The number of carbonyl (C=O) groups excluding carboxylic acids is 1. The van der Waals surface area contributed by atoms with Gasteiger partial charge in [0.1, 0.15) is 6.26 Å². The summed E-state index contributed by atoms with van der Waals surface area (Å²) in [6.45, 7) is 2.90. The molecular weight excluding hydrogens is 278 g/mol. The van der Waals surface area contributed by atoms with E-state index in [1.54, 1.807) is 12.0 Å². The largest absolute Gasteiger partial charge is 0.478 e. The lowest BCUT2D eigenvalue weighted by atomic mass is 10.1. The Labute approximate surface area is 122 Å². The molecule has 0 radical (unpaired) electrons. The fourth-order valence-corrected chi connectivity index (χ4v) is 2.26. The van der Waals surface area contributed by atoms with Crippen molar-refractivity contribution in [1.29, 1.82) is 0 Å². The van der Waals surface area contributed by atoms with Gasteiger partial charge < -0.3 is 23.9 Å². The Morgan fingerprint density at radius 3 is 2.95 bits per heavy atom. The Morgan fingerprint density at radius 2 is 2.29 bits per heavy atom. The van der Waals surface area contributed by atoms with Crippen molar-refractivity contribution in [1.82, 2.24) is 4.90 Å². The van der Waals surface area contributed by atoms with Crippen LogP contribution in [0.3, 0.4) is 0 Å². The van der Waals surface area contributed by atoms with Crippen LogP contribution in [0.25, 0.3) is 0 Å². The molecule has 1 amide bonds. The average Bonchev–Trinajstić information content (AvgIpc) is 3.12. The molecule has 0 aromatic carbocycles. The average molecular weight is 297 g/mol. The highest BCUT2D eigenvalue weighted by atomic mass is 16.5. The molecule has 116 valence electrons. The van der Waals surface area contributed by atoms with E-state index >= 15 is 0 Å². The number of hydrogen-bond donors (Lipinski definition) is 1. The minimum Gasteiger partial charge on any atom is -0.478 e. The zero-order valence-corrected chi connectivity index (χ0v) is 11.9. The first kappa shape index (κ1) is 15.5. The molecule has 1 N–H and O–H groups in total. The summed E-state index contributed by atoms with van der Waals surface area (Å²) >= 11 is 0. The number of hydrogen-bond acceptors (Lipinski definition) is 5. The first-order valence-corrected chi connectivity index (χ1v) is 6.79. The second kappa shape index (κ2) is 7.24. The van der Waals surface area contributed by atoms with Crippen molar-refractivity contribution < 1.29 is 28.6 Å². The highest BCUT2D eigenvalue weighted by molar-refractivity contribution is 5.95. The first-order valence-electron chi connectivity index (χ1n) is 6.79. The van der Waals surface area contributed by atoms with Gasteiger partial charge in [0.2, 0.25) is 0 Å². The third kappa shape index (κ3) is 4.05. The summed E-state index contributed by atoms with van der Waals surface area (Å²) < 4.78 is 15.4. The third-order valence-electron chi connectivity index (χ3n) is 3.42. The molecule has 1 aliphatic heterocycles. The van der Waals surface area contributed by atoms with Crippen molar-refractivity contribution in [2.24, 2.45) is 5.92 Å². The van der Waals surface area contributed by atoms with Gasteiger partial charge in [0.25, 0.3) is 5.91 Å². The lowest BCUT2D eigenvalue weighted by Crippen LogP contribution is -2.29. The molecule has 1 aliphatic rings. The van der Waals surface area contributed by atoms with E-state index < -0.39 is 5.97 Å². The summed E-state index contributed by atoms with van der Waals surface area (Å²) in [5.41, 5.74) is -0.0167. The molecule has 1 aromatic rings. The second-order valence-corrected chi connectivity index (χ2v) is 4.98. The minimum absolute atomic E-state index is 0.0167. The topological polar surface area (TPSA) is 89.2 Å². The number of methoxy groups -OCH3 is 1. The van der Waals surface area contributed by atoms with Crippen LogP contribution in [0.2, 0.25) is 0 Å². The van der Waals surface area contributed by atoms with Crippen LogP contribution < -0.4 is 0 Å². The number of nitrogens with zero attached hydrogens (tertiary/aromatic N) is 1. The van der Waals surface area contributed by atoms with Gasteiger partial charge in [-0.25, -0.2) is 4.79 Å². The van der Waals surface area contributed by atoms with Crippen LogP contribution in [0.5, 0.6) is 0 Å². The van der Waals surface area contributed by atoms with E-state index in [9.17, 15) is 9.59 Å². The van der Waals surface area contributed by atoms with Gasteiger partial charge in [0.15, 0.2) is 5.76 Å². The summed E-state index contributed by atoms with van der Waals surface area (Å²) in [4.78, 5) is 24.6. The van der Waals surface area contributed by atoms with E-state index in [4.69, 9.17) is 19.0 Å². The molecule has 1 fully saturated rings. The zero-order chi connectivity index (χ0) is 15.2. The van der Waals surface area contributed by atoms with Gasteiger partial charge in [-0.15, -0.1) is 0 Å². The highest BCUT2D eigenvalue weighted by Crippen LogP contribution is 2.20. The summed E-state index contributed by atoms with van der Waals surface area (Å²) in [5, 5.41) is 8.82. The molecule has 0 spiro atoms. The van der Waals surface area contributed by atoms with Crippen LogP contribution in [0.15, 0.2) is 16.7 Å². The Balaban J connectivity index is 1.82. The number of carbonyl (C=O) groups is 2. The summed E-state index contributed by atoms with van der Waals surface area (Å²) in [6.07, 6.45) is 1.95. The molecule has 1 unspecified atom stereocenters. The monoisotopic (exact) mass is 297 g/mol. The lowest BCUT2D eigenvalue weighted by Gasteiger charge is -2.15. The first-order chi connectivity index (χ1) is 10.1. The van der Waals surface area contributed by atoms with E-state index in [1.165, 1.54) is 6.07 Å². The fraction of sp³-hybridized carbons (Fsp3) is 0.571. The van der Waals surface area contributed by atoms with Crippen LogP contribution in [-0.2, 0) is 9.47 Å². The van der Waals surface area contributed by atoms with Crippen LogP contribution in [0.1, 0.15) is 27.3 Å². The van der Waals surface area contributed by atoms with Crippen molar-refractivity contribution in [3.8, 4) is 0 Å². The number of ether oxygens (including phenoxy) is 2. The van der Waals surface area contributed by atoms with E-state index in [0.29, 0.717) is 38.8 Å². The van der Waals surface area contributed by atoms with Gasteiger partial charge in [-0.2, -0.15) is 0 Å². The molecule has 1 aromatic heterocycles. The van der Waals surface area contributed by atoms with E-state index in [0.717, 1.165) is 12.7 Å². The minimum atomic E-state index is -1.11.